The van der Waals surface area contributed by atoms with Gasteiger partial charge < -0.3 is 4.74 Å². The summed E-state index contributed by atoms with van der Waals surface area (Å²) in [7, 11) is 0. The number of rotatable bonds is 3. The number of hydrogen-bond acceptors (Lipinski definition) is 3. The fraction of sp³-hybridized carbons (Fsp3) is 0.400. The molecule has 0 bridgehead atoms. The lowest BCUT2D eigenvalue weighted by atomic mass is 10.1. The molecule has 0 N–H and O–H groups in total. The van der Waals surface area contributed by atoms with Crippen molar-refractivity contribution in [1.82, 2.24) is 4.98 Å². The van der Waals surface area contributed by atoms with Crippen LogP contribution < -0.4 is 4.74 Å². The van der Waals surface area contributed by atoms with Crippen molar-refractivity contribution < 1.29 is 17.9 Å². The van der Waals surface area contributed by atoms with Gasteiger partial charge in [0.15, 0.2) is 0 Å². The molecule has 7 heteroatoms. The molecule has 0 fully saturated rings. The van der Waals surface area contributed by atoms with Crippen LogP contribution in [0.5, 0.6) is 5.75 Å². The minimum absolute atomic E-state index is 0.0579. The summed E-state index contributed by atoms with van der Waals surface area (Å²) in [5.74, 6) is -0.313. The molecule has 1 rings (SSSR count). The number of aryl methyl sites for hydroxylation is 1. The van der Waals surface area contributed by atoms with E-state index < -0.39 is 6.36 Å². The summed E-state index contributed by atoms with van der Waals surface area (Å²) in [6.07, 6.45) is -4.81. The molecule has 0 aliphatic heterocycles. The number of halogens is 4. The van der Waals surface area contributed by atoms with Gasteiger partial charge >= 0.3 is 6.36 Å². The van der Waals surface area contributed by atoms with Crippen LogP contribution in [-0.4, -0.2) is 11.3 Å². The molecule has 0 radical (unpaired) electrons. The van der Waals surface area contributed by atoms with Crippen molar-refractivity contribution in [2.24, 2.45) is 0 Å². The Morgan fingerprint density at radius 2 is 2.18 bits per heavy atom. The van der Waals surface area contributed by atoms with Crippen molar-refractivity contribution in [3.8, 4) is 11.8 Å². The van der Waals surface area contributed by atoms with Gasteiger partial charge in [-0.05, 0) is 6.92 Å². The molecule has 0 spiro atoms. The van der Waals surface area contributed by atoms with Crippen molar-refractivity contribution in [3.63, 3.8) is 0 Å². The highest BCUT2D eigenvalue weighted by molar-refractivity contribution is 9.08. The van der Waals surface area contributed by atoms with Crippen LogP contribution in [0.1, 0.15) is 17.0 Å². The van der Waals surface area contributed by atoms with Crippen LogP contribution in [0.15, 0.2) is 6.07 Å². The fourth-order valence-corrected chi connectivity index (χ4v) is 1.96. The molecule has 0 amide bonds. The molecule has 1 aromatic rings. The van der Waals surface area contributed by atoms with Gasteiger partial charge in [0.25, 0.3) is 0 Å². The van der Waals surface area contributed by atoms with Crippen LogP contribution in [0.4, 0.5) is 13.2 Å². The van der Waals surface area contributed by atoms with E-state index in [1.807, 2.05) is 6.07 Å². The summed E-state index contributed by atoms with van der Waals surface area (Å²) >= 11 is 3.08. The Kier molecular flexibility index (Phi) is 4.34. The summed E-state index contributed by atoms with van der Waals surface area (Å²) in [6.45, 7) is 1.57. The van der Waals surface area contributed by atoms with Crippen LogP contribution in [0.3, 0.4) is 0 Å². The highest BCUT2D eigenvalue weighted by atomic mass is 79.9. The largest absolute Gasteiger partial charge is 0.573 e. The van der Waals surface area contributed by atoms with E-state index in [1.54, 1.807) is 6.92 Å². The van der Waals surface area contributed by atoms with Crippen LogP contribution in [0.25, 0.3) is 0 Å². The number of aromatic nitrogens is 1. The molecule has 0 aliphatic carbocycles. The molecule has 0 saturated heterocycles. The molecule has 1 aromatic heterocycles. The van der Waals surface area contributed by atoms with Gasteiger partial charge in [-0.25, -0.2) is 0 Å². The first-order chi connectivity index (χ1) is 7.87. The van der Waals surface area contributed by atoms with E-state index in [0.29, 0.717) is 11.3 Å². The van der Waals surface area contributed by atoms with E-state index >= 15 is 0 Å². The first kappa shape index (κ1) is 13.8. The molecule has 0 aromatic carbocycles. The van der Waals surface area contributed by atoms with Gasteiger partial charge in [0.05, 0.1) is 18.2 Å². The zero-order valence-corrected chi connectivity index (χ0v) is 10.4. The van der Waals surface area contributed by atoms with Crippen molar-refractivity contribution in [2.75, 3.05) is 0 Å². The first-order valence-electron chi connectivity index (χ1n) is 4.55. The normalized spacial score (nSPS) is 11.1. The van der Waals surface area contributed by atoms with Crippen molar-refractivity contribution in [3.05, 3.63) is 23.0 Å². The van der Waals surface area contributed by atoms with E-state index in [9.17, 15) is 13.2 Å². The molecule has 17 heavy (non-hydrogen) atoms. The number of hydrogen-bond donors (Lipinski definition) is 0. The van der Waals surface area contributed by atoms with Gasteiger partial charge in [0.1, 0.15) is 5.75 Å². The Morgan fingerprint density at radius 1 is 1.53 bits per heavy atom. The van der Waals surface area contributed by atoms with Crippen molar-refractivity contribution in [1.29, 1.82) is 5.26 Å². The lowest BCUT2D eigenvalue weighted by Gasteiger charge is -2.14. The molecule has 0 atom stereocenters. The molecule has 3 nitrogen and oxygen atoms in total. The highest BCUT2D eigenvalue weighted by Crippen LogP contribution is 2.30. The molecule has 92 valence electrons. The molecular weight excluding hydrogens is 301 g/mol. The maximum absolute atomic E-state index is 12.2. The lowest BCUT2D eigenvalue weighted by Crippen LogP contribution is -2.18. The maximum Gasteiger partial charge on any atom is 0.573 e. The summed E-state index contributed by atoms with van der Waals surface area (Å²) in [4.78, 5) is 4.02. The quantitative estimate of drug-likeness (QED) is 0.805. The molecule has 0 aliphatic rings. The molecule has 0 unspecified atom stereocenters. The average molecular weight is 309 g/mol. The van der Waals surface area contributed by atoms with E-state index in [-0.39, 0.29) is 23.2 Å². The summed E-state index contributed by atoms with van der Waals surface area (Å²) < 4.78 is 40.5. The number of nitrogens with zero attached hydrogens (tertiary/aromatic N) is 2. The third-order valence-electron chi connectivity index (χ3n) is 1.96. The Labute approximate surface area is 104 Å². The standard InChI is InChI=1S/C10H8BrF3N2O/c1-6-8(5-11)9(17-10(12,13)14)4-7(16-6)2-3-15/h4H,2,5H2,1H3. The SMILES string of the molecule is Cc1nc(CC#N)cc(OC(F)(F)F)c1CBr. The zero-order valence-electron chi connectivity index (χ0n) is 8.81. The average Bonchev–Trinajstić information content (AvgIpc) is 2.15. The Balaban J connectivity index is 3.20. The smallest absolute Gasteiger partial charge is 0.405 e. The predicted molar refractivity (Wildman–Crippen MR) is 57.6 cm³/mol. The molecule has 1 heterocycles. The second-order valence-corrected chi connectivity index (χ2v) is 3.75. The Hall–Kier alpha value is -1.29. The van der Waals surface area contributed by atoms with Crippen LogP contribution in [0, 0.1) is 18.3 Å². The summed E-state index contributed by atoms with van der Waals surface area (Å²) in [5.41, 5.74) is 0.992. The van der Waals surface area contributed by atoms with E-state index in [0.717, 1.165) is 6.07 Å². The number of nitriles is 1. The van der Waals surface area contributed by atoms with Crippen LogP contribution in [-0.2, 0) is 11.8 Å². The maximum atomic E-state index is 12.2. The van der Waals surface area contributed by atoms with Gasteiger partial charge in [-0.15, -0.1) is 13.2 Å². The Bertz CT molecular complexity index is 454. The van der Waals surface area contributed by atoms with Crippen molar-refractivity contribution in [2.45, 2.75) is 25.0 Å². The second kappa shape index (κ2) is 5.36. The molecule has 0 saturated carbocycles. The zero-order chi connectivity index (χ0) is 13.1. The third kappa shape index (κ3) is 3.89. The minimum atomic E-state index is -4.76. The topological polar surface area (TPSA) is 45.9 Å². The lowest BCUT2D eigenvalue weighted by molar-refractivity contribution is -0.274. The van der Waals surface area contributed by atoms with Crippen LogP contribution >= 0.6 is 15.9 Å². The van der Waals surface area contributed by atoms with Gasteiger partial charge in [-0.3, -0.25) is 4.98 Å². The highest BCUT2D eigenvalue weighted by Gasteiger charge is 2.32. The van der Waals surface area contributed by atoms with Crippen molar-refractivity contribution >= 4 is 15.9 Å². The van der Waals surface area contributed by atoms with Gasteiger partial charge in [-0.1, -0.05) is 15.9 Å². The Morgan fingerprint density at radius 3 is 2.65 bits per heavy atom. The van der Waals surface area contributed by atoms with Gasteiger partial charge in [-0.2, -0.15) is 5.26 Å². The fourth-order valence-electron chi connectivity index (χ4n) is 1.28. The first-order valence-corrected chi connectivity index (χ1v) is 5.67. The van der Waals surface area contributed by atoms with E-state index in [4.69, 9.17) is 5.26 Å². The van der Waals surface area contributed by atoms with Gasteiger partial charge in [0.2, 0.25) is 0 Å². The van der Waals surface area contributed by atoms with E-state index in [1.165, 1.54) is 0 Å². The van der Waals surface area contributed by atoms with Gasteiger partial charge in [0, 0.05) is 22.7 Å². The van der Waals surface area contributed by atoms with E-state index in [2.05, 4.69) is 25.7 Å². The number of pyridine rings is 1. The minimum Gasteiger partial charge on any atom is -0.405 e. The number of alkyl halides is 4. The summed E-state index contributed by atoms with van der Waals surface area (Å²) in [6, 6.07) is 2.97. The molecular formula is C10H8BrF3N2O. The summed E-state index contributed by atoms with van der Waals surface area (Å²) in [5, 5.41) is 8.70. The third-order valence-corrected chi connectivity index (χ3v) is 2.52. The number of ether oxygens (including phenoxy) is 1. The monoisotopic (exact) mass is 308 g/mol. The van der Waals surface area contributed by atoms with Crippen LogP contribution in [0.2, 0.25) is 0 Å². The second-order valence-electron chi connectivity index (χ2n) is 3.19. The predicted octanol–water partition coefficient (Wildman–Crippen LogP) is 3.25.